The standard InChI is InChI=1S/C24H33N3O3/c1-23(2)19-9-12-24(23,3)22(30)27(21(19)29)16-20(28)26(18-7-5-4-6-8-18)15-17-10-13-25-14-11-17/h10-11,13-14,18-19H,4-9,12,15-16H2,1-3H3. The molecule has 3 aliphatic rings. The Hall–Kier alpha value is -2.24. The van der Waals surface area contributed by atoms with Crippen LogP contribution in [-0.2, 0) is 20.9 Å². The number of fused-ring (bicyclic) bond motifs is 2. The van der Waals surface area contributed by atoms with Gasteiger partial charge in [0.25, 0.3) is 0 Å². The molecule has 2 bridgehead atoms. The highest BCUT2D eigenvalue weighted by molar-refractivity contribution is 6.06. The van der Waals surface area contributed by atoms with E-state index in [9.17, 15) is 14.4 Å². The molecule has 6 heteroatoms. The minimum atomic E-state index is -0.577. The van der Waals surface area contributed by atoms with Gasteiger partial charge in [0.15, 0.2) is 0 Å². The summed E-state index contributed by atoms with van der Waals surface area (Å²) in [6.07, 6.45) is 10.3. The first kappa shape index (κ1) is 21.0. The van der Waals surface area contributed by atoms with Gasteiger partial charge in [0.1, 0.15) is 6.54 Å². The summed E-state index contributed by atoms with van der Waals surface area (Å²) in [7, 11) is 0. The number of piperidine rings is 1. The molecule has 0 N–H and O–H groups in total. The Morgan fingerprint density at radius 3 is 2.43 bits per heavy atom. The smallest absolute Gasteiger partial charge is 0.243 e. The Kier molecular flexibility index (Phi) is 5.45. The second-order valence-corrected chi connectivity index (χ2v) is 10.0. The van der Waals surface area contributed by atoms with Crippen molar-refractivity contribution in [1.82, 2.24) is 14.8 Å². The molecule has 3 amide bonds. The maximum atomic E-state index is 13.5. The van der Waals surface area contributed by atoms with Crippen LogP contribution < -0.4 is 0 Å². The maximum absolute atomic E-state index is 13.5. The van der Waals surface area contributed by atoms with Crippen LogP contribution in [0.1, 0.15) is 71.3 Å². The molecule has 0 radical (unpaired) electrons. The number of hydrogen-bond donors (Lipinski definition) is 0. The van der Waals surface area contributed by atoms with E-state index in [0.717, 1.165) is 37.7 Å². The van der Waals surface area contributed by atoms with Crippen LogP contribution in [0.2, 0.25) is 0 Å². The molecule has 0 aromatic carbocycles. The van der Waals surface area contributed by atoms with Crippen LogP contribution >= 0.6 is 0 Å². The highest BCUT2D eigenvalue weighted by atomic mass is 16.2. The molecule has 162 valence electrons. The number of rotatable bonds is 5. The van der Waals surface area contributed by atoms with Crippen molar-refractivity contribution >= 4 is 17.7 Å². The highest BCUT2D eigenvalue weighted by Crippen LogP contribution is 2.60. The number of aromatic nitrogens is 1. The van der Waals surface area contributed by atoms with E-state index in [4.69, 9.17) is 0 Å². The zero-order valence-corrected chi connectivity index (χ0v) is 18.4. The second kappa shape index (κ2) is 7.78. The van der Waals surface area contributed by atoms with Crippen molar-refractivity contribution in [3.8, 4) is 0 Å². The van der Waals surface area contributed by atoms with Crippen LogP contribution in [0.4, 0.5) is 0 Å². The van der Waals surface area contributed by atoms with E-state index in [1.54, 1.807) is 12.4 Å². The first-order valence-electron chi connectivity index (χ1n) is 11.3. The Morgan fingerprint density at radius 2 is 1.77 bits per heavy atom. The van der Waals surface area contributed by atoms with Crippen molar-refractivity contribution < 1.29 is 14.4 Å². The van der Waals surface area contributed by atoms with Crippen LogP contribution in [0.5, 0.6) is 0 Å². The van der Waals surface area contributed by atoms with E-state index in [2.05, 4.69) is 4.98 Å². The van der Waals surface area contributed by atoms with Gasteiger partial charge in [-0.05, 0) is 48.8 Å². The molecule has 2 aliphatic carbocycles. The SMILES string of the molecule is CC12CCC(C(=O)N(CC(=O)N(Cc3ccncc3)C3CCCCC3)C1=O)C2(C)C. The molecule has 1 aliphatic heterocycles. The summed E-state index contributed by atoms with van der Waals surface area (Å²) in [5, 5.41) is 0. The summed E-state index contributed by atoms with van der Waals surface area (Å²) in [6.45, 7) is 6.37. The van der Waals surface area contributed by atoms with E-state index in [1.165, 1.54) is 11.3 Å². The average Bonchev–Trinajstić information content (AvgIpc) is 2.94. The molecule has 30 heavy (non-hydrogen) atoms. The molecule has 1 aromatic heterocycles. The third-order valence-corrected chi connectivity index (χ3v) is 8.24. The third kappa shape index (κ3) is 3.34. The van der Waals surface area contributed by atoms with Gasteiger partial charge in [0, 0.05) is 30.9 Å². The average molecular weight is 412 g/mol. The minimum absolute atomic E-state index is 0.122. The van der Waals surface area contributed by atoms with Crippen molar-refractivity contribution in [1.29, 1.82) is 0 Å². The molecule has 1 saturated heterocycles. The van der Waals surface area contributed by atoms with Crippen molar-refractivity contribution in [3.05, 3.63) is 30.1 Å². The van der Waals surface area contributed by atoms with Crippen LogP contribution in [0.25, 0.3) is 0 Å². The van der Waals surface area contributed by atoms with Gasteiger partial charge in [-0.25, -0.2) is 0 Å². The molecule has 1 aromatic rings. The molecule has 2 unspecified atom stereocenters. The largest absolute Gasteiger partial charge is 0.334 e. The molecular formula is C24H33N3O3. The van der Waals surface area contributed by atoms with Gasteiger partial charge in [-0.1, -0.05) is 40.0 Å². The van der Waals surface area contributed by atoms with Gasteiger partial charge >= 0.3 is 0 Å². The fourth-order valence-corrected chi connectivity index (χ4v) is 5.78. The molecule has 4 rings (SSSR count). The molecular weight excluding hydrogens is 378 g/mol. The number of nitrogens with zero attached hydrogens (tertiary/aromatic N) is 3. The zero-order valence-electron chi connectivity index (χ0n) is 18.4. The summed E-state index contributed by atoms with van der Waals surface area (Å²) in [5.74, 6) is -0.646. The Morgan fingerprint density at radius 1 is 1.10 bits per heavy atom. The van der Waals surface area contributed by atoms with Gasteiger partial charge in [-0.3, -0.25) is 24.3 Å². The minimum Gasteiger partial charge on any atom is -0.334 e. The Labute approximate surface area is 179 Å². The number of hydrogen-bond acceptors (Lipinski definition) is 4. The maximum Gasteiger partial charge on any atom is 0.243 e. The third-order valence-electron chi connectivity index (χ3n) is 8.24. The van der Waals surface area contributed by atoms with Crippen LogP contribution in [0.3, 0.4) is 0 Å². The van der Waals surface area contributed by atoms with Crippen molar-refractivity contribution in [2.45, 2.75) is 78.3 Å². The van der Waals surface area contributed by atoms with Crippen molar-refractivity contribution in [2.24, 2.45) is 16.7 Å². The molecule has 2 heterocycles. The predicted molar refractivity (Wildman–Crippen MR) is 113 cm³/mol. The lowest BCUT2D eigenvalue weighted by Gasteiger charge is -2.48. The van der Waals surface area contributed by atoms with Gasteiger partial charge in [-0.2, -0.15) is 0 Å². The van der Waals surface area contributed by atoms with E-state index < -0.39 is 5.41 Å². The van der Waals surface area contributed by atoms with Crippen LogP contribution in [0.15, 0.2) is 24.5 Å². The molecule has 6 nitrogen and oxygen atoms in total. The fourth-order valence-electron chi connectivity index (χ4n) is 5.78. The number of amides is 3. The summed E-state index contributed by atoms with van der Waals surface area (Å²) in [4.78, 5) is 47.2. The number of imide groups is 1. The number of carbonyl (C=O) groups is 3. The van der Waals surface area contributed by atoms with Crippen LogP contribution in [0, 0.1) is 16.7 Å². The quantitative estimate of drug-likeness (QED) is 0.695. The summed E-state index contributed by atoms with van der Waals surface area (Å²) in [6, 6.07) is 4.01. The summed E-state index contributed by atoms with van der Waals surface area (Å²) in [5.41, 5.74) is 0.0846. The topological polar surface area (TPSA) is 70.6 Å². The lowest BCUT2D eigenvalue weighted by molar-refractivity contribution is -0.170. The first-order valence-corrected chi connectivity index (χ1v) is 11.3. The summed E-state index contributed by atoms with van der Waals surface area (Å²) >= 11 is 0. The highest BCUT2D eigenvalue weighted by Gasteiger charge is 2.64. The monoisotopic (exact) mass is 411 g/mol. The van der Waals surface area contributed by atoms with E-state index in [0.29, 0.717) is 13.0 Å². The van der Waals surface area contributed by atoms with Gasteiger partial charge in [0.2, 0.25) is 17.7 Å². The van der Waals surface area contributed by atoms with E-state index >= 15 is 0 Å². The van der Waals surface area contributed by atoms with Crippen LogP contribution in [-0.4, -0.2) is 45.1 Å². The Bertz CT molecular complexity index is 831. The predicted octanol–water partition coefficient (Wildman–Crippen LogP) is 3.55. The lowest BCUT2D eigenvalue weighted by Crippen LogP contribution is -2.61. The lowest BCUT2D eigenvalue weighted by atomic mass is 9.62. The van der Waals surface area contributed by atoms with E-state index in [1.807, 2.05) is 37.8 Å². The fraction of sp³-hybridized carbons (Fsp3) is 0.667. The number of likely N-dealkylation sites (tertiary alicyclic amines) is 1. The molecule has 2 atom stereocenters. The van der Waals surface area contributed by atoms with Crippen molar-refractivity contribution in [2.75, 3.05) is 6.54 Å². The Balaban J connectivity index is 1.56. The summed E-state index contributed by atoms with van der Waals surface area (Å²) < 4.78 is 0. The van der Waals surface area contributed by atoms with Gasteiger partial charge in [0.05, 0.1) is 5.41 Å². The first-order chi connectivity index (χ1) is 14.3. The van der Waals surface area contributed by atoms with Gasteiger partial charge < -0.3 is 4.90 Å². The van der Waals surface area contributed by atoms with Gasteiger partial charge in [-0.15, -0.1) is 0 Å². The van der Waals surface area contributed by atoms with E-state index in [-0.39, 0.29) is 41.6 Å². The second-order valence-electron chi connectivity index (χ2n) is 10.0. The molecule has 0 spiro atoms. The number of pyridine rings is 1. The number of carbonyl (C=O) groups excluding carboxylic acids is 3. The normalized spacial score (nSPS) is 28.6. The molecule has 3 fully saturated rings. The molecule has 2 saturated carbocycles. The van der Waals surface area contributed by atoms with Crippen molar-refractivity contribution in [3.63, 3.8) is 0 Å². The zero-order chi connectivity index (χ0) is 21.5.